The smallest absolute Gasteiger partial charge is 0.261 e. The minimum atomic E-state index is -3.85. The third-order valence-corrected chi connectivity index (χ3v) is 5.87. The summed E-state index contributed by atoms with van der Waals surface area (Å²) in [7, 11) is -3.85. The summed E-state index contributed by atoms with van der Waals surface area (Å²) < 4.78 is 40.1. The minimum Gasteiger partial charge on any atom is -0.366 e. The molecule has 0 spiro atoms. The lowest BCUT2D eigenvalue weighted by Crippen LogP contribution is -2.16. The molecule has 0 fully saturated rings. The van der Waals surface area contributed by atoms with Crippen LogP contribution >= 0.6 is 0 Å². The molecule has 4 N–H and O–H groups in total. The number of hydrogen-bond acceptors (Lipinski definition) is 4. The van der Waals surface area contributed by atoms with Crippen molar-refractivity contribution >= 4 is 33.2 Å². The Morgan fingerprint density at radius 3 is 2.13 bits per heavy atom. The second kappa shape index (κ2) is 8.97. The van der Waals surface area contributed by atoms with Crippen LogP contribution in [0.5, 0.6) is 0 Å². The molecule has 0 saturated carbocycles. The number of rotatable bonds is 7. The van der Waals surface area contributed by atoms with Gasteiger partial charge in [-0.25, -0.2) is 12.8 Å². The van der Waals surface area contributed by atoms with Crippen molar-refractivity contribution in [1.29, 1.82) is 0 Å². The van der Waals surface area contributed by atoms with Crippen LogP contribution in [0.1, 0.15) is 21.5 Å². The average molecular weight is 441 g/mol. The lowest BCUT2D eigenvalue weighted by atomic mass is 10.1. The molecule has 3 aromatic rings. The summed E-state index contributed by atoms with van der Waals surface area (Å²) in [5.74, 6) is -1.34. The van der Waals surface area contributed by atoms with E-state index in [0.717, 1.165) is 12.1 Å². The normalized spacial score (nSPS) is 11.0. The van der Waals surface area contributed by atoms with Crippen LogP contribution in [-0.4, -0.2) is 20.2 Å². The largest absolute Gasteiger partial charge is 0.366 e. The molecule has 0 saturated heterocycles. The van der Waals surface area contributed by atoms with E-state index in [1.54, 1.807) is 37.3 Å². The second-order valence-electron chi connectivity index (χ2n) is 6.88. The molecule has 0 aliphatic carbocycles. The molecule has 0 aromatic heterocycles. The lowest BCUT2D eigenvalue weighted by molar-refractivity contribution is -0.115. The number of carbonyl (C=O) groups is 2. The molecule has 0 unspecified atom stereocenters. The molecular weight excluding hydrogens is 421 g/mol. The van der Waals surface area contributed by atoms with Crippen LogP contribution in [0.25, 0.3) is 0 Å². The van der Waals surface area contributed by atoms with Crippen molar-refractivity contribution < 1.29 is 22.4 Å². The first kappa shape index (κ1) is 22.0. The van der Waals surface area contributed by atoms with Crippen molar-refractivity contribution in [2.75, 3.05) is 10.0 Å². The molecule has 0 bridgehead atoms. The Morgan fingerprint density at radius 1 is 0.935 bits per heavy atom. The molecule has 160 valence electrons. The standard InChI is InChI=1S/C22H20FN3O4S/c1-14-12-18(8-11-20(14)22(24)28)25-21(27)13-15-2-6-17(7-3-15)26-31(29,30)19-9-4-16(23)5-10-19/h2-12,26H,13H2,1H3,(H2,24,28)(H,25,27). The van der Waals surface area contributed by atoms with Gasteiger partial charge in [0, 0.05) is 16.9 Å². The van der Waals surface area contributed by atoms with Gasteiger partial charge in [-0.3, -0.25) is 14.3 Å². The Labute approximate surface area is 179 Å². The van der Waals surface area contributed by atoms with Gasteiger partial charge in [0.2, 0.25) is 11.8 Å². The van der Waals surface area contributed by atoms with Gasteiger partial charge in [-0.2, -0.15) is 0 Å². The fourth-order valence-electron chi connectivity index (χ4n) is 2.93. The average Bonchev–Trinajstić information content (AvgIpc) is 2.69. The fourth-order valence-corrected chi connectivity index (χ4v) is 3.99. The molecule has 0 atom stereocenters. The molecule has 0 heterocycles. The highest BCUT2D eigenvalue weighted by Gasteiger charge is 2.14. The molecule has 3 aromatic carbocycles. The molecule has 0 aliphatic rings. The SMILES string of the molecule is Cc1cc(NC(=O)Cc2ccc(NS(=O)(=O)c3ccc(F)cc3)cc2)ccc1C(N)=O. The highest BCUT2D eigenvalue weighted by atomic mass is 32.2. The molecule has 3 rings (SSSR count). The molecule has 31 heavy (non-hydrogen) atoms. The Bertz CT molecular complexity index is 1220. The maximum absolute atomic E-state index is 13.0. The van der Waals surface area contributed by atoms with E-state index in [1.165, 1.54) is 24.3 Å². The van der Waals surface area contributed by atoms with Gasteiger partial charge in [0.1, 0.15) is 5.82 Å². The van der Waals surface area contributed by atoms with Gasteiger partial charge in [-0.05, 0) is 72.6 Å². The third-order valence-electron chi connectivity index (χ3n) is 4.47. The first-order valence-corrected chi connectivity index (χ1v) is 10.7. The first-order valence-electron chi connectivity index (χ1n) is 9.22. The summed E-state index contributed by atoms with van der Waals surface area (Å²) >= 11 is 0. The number of primary amides is 1. The van der Waals surface area contributed by atoms with Gasteiger partial charge in [-0.1, -0.05) is 12.1 Å². The zero-order chi connectivity index (χ0) is 22.6. The van der Waals surface area contributed by atoms with E-state index >= 15 is 0 Å². The Hall–Kier alpha value is -3.72. The van der Waals surface area contributed by atoms with Gasteiger partial charge in [0.25, 0.3) is 10.0 Å². The van der Waals surface area contributed by atoms with Crippen molar-refractivity contribution in [3.05, 3.63) is 89.2 Å². The zero-order valence-corrected chi connectivity index (χ0v) is 17.4. The lowest BCUT2D eigenvalue weighted by Gasteiger charge is -2.10. The van der Waals surface area contributed by atoms with E-state index in [2.05, 4.69) is 10.0 Å². The van der Waals surface area contributed by atoms with Crippen molar-refractivity contribution in [2.45, 2.75) is 18.2 Å². The number of halogens is 1. The van der Waals surface area contributed by atoms with Crippen molar-refractivity contribution in [2.24, 2.45) is 5.73 Å². The van der Waals surface area contributed by atoms with Crippen LogP contribution in [0.15, 0.2) is 71.6 Å². The molecular formula is C22H20FN3O4S. The van der Waals surface area contributed by atoms with Crippen LogP contribution in [0, 0.1) is 12.7 Å². The van der Waals surface area contributed by atoms with E-state index in [4.69, 9.17) is 5.73 Å². The summed E-state index contributed by atoms with van der Waals surface area (Å²) in [5, 5.41) is 2.74. The number of sulfonamides is 1. The third kappa shape index (κ3) is 5.67. The summed E-state index contributed by atoms with van der Waals surface area (Å²) in [5.41, 5.74) is 7.84. The van der Waals surface area contributed by atoms with Crippen LogP contribution in [0.2, 0.25) is 0 Å². The molecule has 0 radical (unpaired) electrons. The van der Waals surface area contributed by atoms with E-state index in [-0.39, 0.29) is 17.2 Å². The van der Waals surface area contributed by atoms with Crippen molar-refractivity contribution in [3.8, 4) is 0 Å². The van der Waals surface area contributed by atoms with Gasteiger partial charge < -0.3 is 11.1 Å². The number of nitrogens with one attached hydrogen (secondary N) is 2. The Kier molecular flexibility index (Phi) is 6.36. The maximum Gasteiger partial charge on any atom is 0.261 e. The molecule has 2 amide bonds. The number of benzene rings is 3. The Balaban J connectivity index is 1.62. The van der Waals surface area contributed by atoms with E-state index in [9.17, 15) is 22.4 Å². The number of anilines is 2. The monoisotopic (exact) mass is 441 g/mol. The van der Waals surface area contributed by atoms with Crippen LogP contribution < -0.4 is 15.8 Å². The van der Waals surface area contributed by atoms with Crippen LogP contribution in [0.4, 0.5) is 15.8 Å². The second-order valence-corrected chi connectivity index (χ2v) is 8.56. The number of nitrogens with two attached hydrogens (primary N) is 1. The molecule has 7 nitrogen and oxygen atoms in total. The van der Waals surface area contributed by atoms with Crippen LogP contribution in [0.3, 0.4) is 0 Å². The number of hydrogen-bond donors (Lipinski definition) is 3. The summed E-state index contributed by atoms with van der Waals surface area (Å²) in [6.07, 6.45) is 0.0710. The van der Waals surface area contributed by atoms with Crippen molar-refractivity contribution in [3.63, 3.8) is 0 Å². The topological polar surface area (TPSA) is 118 Å². The molecule has 0 aliphatic heterocycles. The highest BCUT2D eigenvalue weighted by molar-refractivity contribution is 7.92. The van der Waals surface area contributed by atoms with Crippen molar-refractivity contribution in [1.82, 2.24) is 0 Å². The predicted molar refractivity (Wildman–Crippen MR) is 116 cm³/mol. The number of carbonyl (C=O) groups excluding carboxylic acids is 2. The van der Waals surface area contributed by atoms with E-state index < -0.39 is 21.7 Å². The summed E-state index contributed by atoms with van der Waals surface area (Å²) in [4.78, 5) is 23.5. The van der Waals surface area contributed by atoms with Gasteiger partial charge in [0.15, 0.2) is 0 Å². The maximum atomic E-state index is 13.0. The first-order chi connectivity index (χ1) is 14.6. The number of amides is 2. The molecule has 9 heteroatoms. The summed E-state index contributed by atoms with van der Waals surface area (Å²) in [6.45, 7) is 1.72. The highest BCUT2D eigenvalue weighted by Crippen LogP contribution is 2.18. The fraction of sp³-hybridized carbons (Fsp3) is 0.0909. The van der Waals surface area contributed by atoms with Crippen LogP contribution in [-0.2, 0) is 21.2 Å². The summed E-state index contributed by atoms with van der Waals surface area (Å²) in [6, 6.07) is 15.6. The van der Waals surface area contributed by atoms with Gasteiger partial charge >= 0.3 is 0 Å². The van der Waals surface area contributed by atoms with Gasteiger partial charge in [0.05, 0.1) is 11.3 Å². The predicted octanol–water partition coefficient (Wildman–Crippen LogP) is 3.22. The quantitative estimate of drug-likeness (QED) is 0.522. The number of aryl methyl sites for hydroxylation is 1. The Morgan fingerprint density at radius 2 is 1.55 bits per heavy atom. The van der Waals surface area contributed by atoms with E-state index in [1.807, 2.05) is 0 Å². The minimum absolute atomic E-state index is 0.0602. The van der Waals surface area contributed by atoms with E-state index in [0.29, 0.717) is 28.1 Å². The van der Waals surface area contributed by atoms with Gasteiger partial charge in [-0.15, -0.1) is 0 Å². The zero-order valence-electron chi connectivity index (χ0n) is 16.6.